The molecule has 1 atom stereocenters. The highest BCUT2D eigenvalue weighted by molar-refractivity contribution is 5.37. The van der Waals surface area contributed by atoms with E-state index in [4.69, 9.17) is 4.74 Å². The average molecular weight is 271 g/mol. The molecule has 1 N–H and O–H groups in total. The maximum Gasteiger partial charge on any atom is 0.126 e. The summed E-state index contributed by atoms with van der Waals surface area (Å²) in [6.45, 7) is 1.49. The van der Waals surface area contributed by atoms with E-state index in [1.54, 1.807) is 6.07 Å². The third kappa shape index (κ3) is 2.83. The Labute approximate surface area is 118 Å². The van der Waals surface area contributed by atoms with Crippen LogP contribution in [0.1, 0.15) is 23.6 Å². The zero-order chi connectivity index (χ0) is 13.8. The van der Waals surface area contributed by atoms with Crippen molar-refractivity contribution in [3.63, 3.8) is 0 Å². The summed E-state index contributed by atoms with van der Waals surface area (Å²) in [6, 6.07) is 15.4. The number of benzene rings is 2. The second kappa shape index (κ2) is 6.06. The summed E-state index contributed by atoms with van der Waals surface area (Å²) in [6.07, 6.45) is 1.65. The molecule has 0 aromatic heterocycles. The van der Waals surface area contributed by atoms with Gasteiger partial charge in [-0.25, -0.2) is 4.39 Å². The fourth-order valence-electron chi connectivity index (χ4n) is 2.64. The second-order valence-electron chi connectivity index (χ2n) is 5.02. The molecule has 2 nitrogen and oxygen atoms in total. The maximum atomic E-state index is 13.5. The van der Waals surface area contributed by atoms with Gasteiger partial charge in [0, 0.05) is 18.0 Å². The van der Waals surface area contributed by atoms with Crippen molar-refractivity contribution in [1.82, 2.24) is 5.32 Å². The summed E-state index contributed by atoms with van der Waals surface area (Å²) in [5.74, 6) is 0.837. The minimum absolute atomic E-state index is 0.123. The van der Waals surface area contributed by atoms with Crippen LogP contribution in [-0.4, -0.2) is 13.2 Å². The first-order valence-corrected chi connectivity index (χ1v) is 7.03. The van der Waals surface area contributed by atoms with Crippen LogP contribution in [0.2, 0.25) is 0 Å². The molecule has 0 saturated heterocycles. The number of halogens is 1. The molecule has 20 heavy (non-hydrogen) atoms. The summed E-state index contributed by atoms with van der Waals surface area (Å²) in [7, 11) is 0. The van der Waals surface area contributed by atoms with Crippen molar-refractivity contribution in [1.29, 1.82) is 0 Å². The van der Waals surface area contributed by atoms with Crippen LogP contribution >= 0.6 is 0 Å². The van der Waals surface area contributed by atoms with Crippen molar-refractivity contribution < 1.29 is 9.13 Å². The highest BCUT2D eigenvalue weighted by atomic mass is 19.1. The van der Waals surface area contributed by atoms with Gasteiger partial charge in [-0.1, -0.05) is 36.4 Å². The van der Waals surface area contributed by atoms with E-state index in [1.165, 1.54) is 11.6 Å². The zero-order valence-corrected chi connectivity index (χ0v) is 11.3. The van der Waals surface area contributed by atoms with Gasteiger partial charge >= 0.3 is 0 Å². The Hall–Kier alpha value is -1.87. The van der Waals surface area contributed by atoms with E-state index in [2.05, 4.69) is 11.4 Å². The van der Waals surface area contributed by atoms with Crippen LogP contribution < -0.4 is 10.1 Å². The van der Waals surface area contributed by atoms with E-state index < -0.39 is 0 Å². The van der Waals surface area contributed by atoms with Gasteiger partial charge in [-0.3, -0.25) is 0 Å². The van der Waals surface area contributed by atoms with Crippen molar-refractivity contribution >= 4 is 0 Å². The lowest BCUT2D eigenvalue weighted by Gasteiger charge is -2.26. The van der Waals surface area contributed by atoms with Crippen LogP contribution in [0, 0.1) is 5.82 Å². The number of fused-ring (bicyclic) bond motifs is 1. The number of rotatable bonds is 4. The lowest BCUT2D eigenvalue weighted by molar-refractivity contribution is 0.253. The Morgan fingerprint density at radius 2 is 1.90 bits per heavy atom. The number of nitrogens with one attached hydrogen (secondary N) is 1. The molecule has 0 aliphatic carbocycles. The van der Waals surface area contributed by atoms with Crippen molar-refractivity contribution in [3.05, 3.63) is 65.5 Å². The molecule has 0 spiro atoms. The molecule has 3 heteroatoms. The van der Waals surface area contributed by atoms with Crippen LogP contribution in [0.15, 0.2) is 48.5 Å². The van der Waals surface area contributed by atoms with Crippen molar-refractivity contribution in [2.24, 2.45) is 0 Å². The molecule has 2 aromatic carbocycles. The first-order valence-electron chi connectivity index (χ1n) is 7.03. The van der Waals surface area contributed by atoms with Crippen molar-refractivity contribution in [3.8, 4) is 5.75 Å². The third-order valence-electron chi connectivity index (χ3n) is 3.70. The number of para-hydroxylation sites is 1. The monoisotopic (exact) mass is 271 g/mol. The molecule has 0 saturated carbocycles. The summed E-state index contributed by atoms with van der Waals surface area (Å²) in [5.41, 5.74) is 1.97. The van der Waals surface area contributed by atoms with Crippen LogP contribution in [-0.2, 0) is 6.42 Å². The number of hydrogen-bond donors (Lipinski definition) is 1. The first kappa shape index (κ1) is 13.1. The van der Waals surface area contributed by atoms with E-state index in [-0.39, 0.29) is 5.82 Å². The van der Waals surface area contributed by atoms with Gasteiger partial charge in [0.1, 0.15) is 11.6 Å². The van der Waals surface area contributed by atoms with E-state index >= 15 is 0 Å². The topological polar surface area (TPSA) is 21.3 Å². The van der Waals surface area contributed by atoms with Gasteiger partial charge in [0.2, 0.25) is 0 Å². The minimum atomic E-state index is -0.123. The molecule has 104 valence electrons. The zero-order valence-electron chi connectivity index (χ0n) is 11.3. The van der Waals surface area contributed by atoms with Crippen molar-refractivity contribution in [2.45, 2.75) is 18.9 Å². The molecule has 0 fully saturated rings. The van der Waals surface area contributed by atoms with E-state index in [0.29, 0.717) is 12.5 Å². The third-order valence-corrected chi connectivity index (χ3v) is 3.70. The largest absolute Gasteiger partial charge is 0.493 e. The van der Waals surface area contributed by atoms with E-state index in [0.717, 1.165) is 30.9 Å². The molecule has 0 bridgehead atoms. The number of hydrogen-bond acceptors (Lipinski definition) is 2. The van der Waals surface area contributed by atoms with Gasteiger partial charge < -0.3 is 10.1 Å². The van der Waals surface area contributed by atoms with Crippen LogP contribution in [0.25, 0.3) is 0 Å². The van der Waals surface area contributed by atoms with Gasteiger partial charge in [0.05, 0.1) is 6.61 Å². The van der Waals surface area contributed by atoms with Crippen LogP contribution in [0.4, 0.5) is 4.39 Å². The molecule has 0 amide bonds. The SMILES string of the molecule is Fc1ccccc1CCNC1CCOc2ccccc21. The van der Waals surface area contributed by atoms with Crippen LogP contribution in [0.3, 0.4) is 0 Å². The standard InChI is InChI=1S/C17H18FNO/c18-15-7-3-1-5-13(15)9-11-19-16-10-12-20-17-8-4-2-6-14(16)17/h1-8,16,19H,9-12H2. The van der Waals surface area contributed by atoms with Gasteiger partial charge in [-0.15, -0.1) is 0 Å². The summed E-state index contributed by atoms with van der Waals surface area (Å²) >= 11 is 0. The molecule has 0 radical (unpaired) electrons. The highest BCUT2D eigenvalue weighted by Crippen LogP contribution is 2.31. The van der Waals surface area contributed by atoms with Gasteiger partial charge in [0.25, 0.3) is 0 Å². The molecule has 3 rings (SSSR count). The molecule has 1 aliphatic rings. The second-order valence-corrected chi connectivity index (χ2v) is 5.02. The van der Waals surface area contributed by atoms with Crippen LogP contribution in [0.5, 0.6) is 5.75 Å². The molecule has 1 aliphatic heterocycles. The Balaban J connectivity index is 1.61. The summed E-state index contributed by atoms with van der Waals surface area (Å²) in [4.78, 5) is 0. The highest BCUT2D eigenvalue weighted by Gasteiger charge is 2.20. The Morgan fingerprint density at radius 1 is 1.10 bits per heavy atom. The fourth-order valence-corrected chi connectivity index (χ4v) is 2.64. The van der Waals surface area contributed by atoms with E-state index in [9.17, 15) is 4.39 Å². The minimum Gasteiger partial charge on any atom is -0.493 e. The Bertz CT molecular complexity index is 585. The normalized spacial score (nSPS) is 17.4. The maximum absolute atomic E-state index is 13.5. The lowest BCUT2D eigenvalue weighted by atomic mass is 10.0. The Morgan fingerprint density at radius 3 is 2.80 bits per heavy atom. The molecular weight excluding hydrogens is 253 g/mol. The smallest absolute Gasteiger partial charge is 0.126 e. The van der Waals surface area contributed by atoms with Gasteiger partial charge in [-0.05, 0) is 30.7 Å². The number of ether oxygens (including phenoxy) is 1. The van der Waals surface area contributed by atoms with Gasteiger partial charge in [-0.2, -0.15) is 0 Å². The van der Waals surface area contributed by atoms with Crippen molar-refractivity contribution in [2.75, 3.05) is 13.2 Å². The Kier molecular flexibility index (Phi) is 3.97. The summed E-state index contributed by atoms with van der Waals surface area (Å²) in [5, 5.41) is 3.51. The molecular formula is C17H18FNO. The molecule has 1 heterocycles. The predicted molar refractivity (Wildman–Crippen MR) is 77.4 cm³/mol. The van der Waals surface area contributed by atoms with Gasteiger partial charge in [0.15, 0.2) is 0 Å². The quantitative estimate of drug-likeness (QED) is 0.919. The first-order chi connectivity index (χ1) is 9.84. The predicted octanol–water partition coefficient (Wildman–Crippen LogP) is 3.48. The fraction of sp³-hybridized carbons (Fsp3) is 0.294. The molecule has 1 unspecified atom stereocenters. The molecule has 2 aromatic rings. The van der Waals surface area contributed by atoms with E-state index in [1.807, 2.05) is 30.3 Å². The lowest BCUT2D eigenvalue weighted by Crippen LogP contribution is -2.28. The average Bonchev–Trinajstić information content (AvgIpc) is 2.49. The summed E-state index contributed by atoms with van der Waals surface area (Å²) < 4.78 is 19.2.